The maximum Gasteiger partial charge on any atom is 0.0786 e. The largest absolute Gasteiger partial charge is 1.00 e. The lowest BCUT2D eigenvalue weighted by atomic mass is 10.1. The highest BCUT2D eigenvalue weighted by Crippen LogP contribution is 2.24. The quantitative estimate of drug-likeness (QED) is 0.0421. The van der Waals surface area contributed by atoms with Gasteiger partial charge in [0.1, 0.15) is 0 Å². The van der Waals surface area contributed by atoms with E-state index in [1.54, 1.807) is 0 Å². The SMILES string of the molecule is CCCCCCC[N+](CCCCCCC)(CCCCCCC)CCCCCCC.CCCCCCC[N+](CCCCCCC)(CCCCCCC)CCCCCCC.CCCCCCC[N+](CCCCCCC)(CCCCCCC)CCCCCCC.[Br-].[Br-].[Br-]. The van der Waals surface area contributed by atoms with Crippen LogP contribution in [-0.4, -0.2) is 92.0 Å². The summed E-state index contributed by atoms with van der Waals surface area (Å²) in [5, 5.41) is 0. The van der Waals surface area contributed by atoms with Crippen LogP contribution in [0.3, 0.4) is 0 Å². The fourth-order valence-electron chi connectivity index (χ4n) is 14.6. The number of hydrogen-bond acceptors (Lipinski definition) is 0. The minimum Gasteiger partial charge on any atom is -1.00 e. The summed E-state index contributed by atoms with van der Waals surface area (Å²) in [6.07, 6.45) is 86.4. The Morgan fingerprint density at radius 3 is 0.233 bits per heavy atom. The standard InChI is InChI=1S/3C28H60N.3BrH/c3*1-5-9-13-17-21-25-29(26-22-18-14-10-6-2,27-23-19-15-11-7-3)28-24-20-16-12-8-4;;;/h3*5-28H2,1-4H3;3*1H/q3*+1;;;/p-3. The highest BCUT2D eigenvalue weighted by molar-refractivity contribution is 4.59. The van der Waals surface area contributed by atoms with Gasteiger partial charge in [-0.05, 0) is 154 Å². The van der Waals surface area contributed by atoms with Gasteiger partial charge in [0.15, 0.2) is 0 Å². The van der Waals surface area contributed by atoms with Gasteiger partial charge in [-0.15, -0.1) is 0 Å². The number of unbranched alkanes of at least 4 members (excludes halogenated alkanes) is 48. The van der Waals surface area contributed by atoms with Crippen molar-refractivity contribution >= 4 is 0 Å². The molecule has 0 heterocycles. The zero-order valence-electron chi connectivity index (χ0n) is 65.4. The van der Waals surface area contributed by atoms with Gasteiger partial charge in [-0.3, -0.25) is 0 Å². The van der Waals surface area contributed by atoms with Crippen LogP contribution in [0.2, 0.25) is 0 Å². The number of quaternary nitrogens is 3. The molecule has 0 radical (unpaired) electrons. The third-order valence-corrected chi connectivity index (χ3v) is 20.8. The lowest BCUT2D eigenvalue weighted by Crippen LogP contribution is -3.00. The Labute approximate surface area is 606 Å². The van der Waals surface area contributed by atoms with Crippen molar-refractivity contribution in [2.45, 2.75) is 468 Å². The van der Waals surface area contributed by atoms with Crippen molar-refractivity contribution in [3.8, 4) is 0 Å². The van der Waals surface area contributed by atoms with Crippen molar-refractivity contribution in [2.75, 3.05) is 78.5 Å². The first-order valence-electron chi connectivity index (χ1n) is 42.3. The van der Waals surface area contributed by atoms with Crippen molar-refractivity contribution in [2.24, 2.45) is 0 Å². The number of halogens is 3. The van der Waals surface area contributed by atoms with E-state index in [2.05, 4.69) is 83.1 Å². The van der Waals surface area contributed by atoms with Gasteiger partial charge in [0.25, 0.3) is 0 Å². The second kappa shape index (κ2) is 86.4. The van der Waals surface area contributed by atoms with Gasteiger partial charge in [0, 0.05) is 0 Å². The van der Waals surface area contributed by atoms with Gasteiger partial charge in [0.2, 0.25) is 0 Å². The molecule has 552 valence electrons. The lowest BCUT2D eigenvalue weighted by molar-refractivity contribution is -0.929. The Balaban J connectivity index is -0.000000289. The molecule has 0 rings (SSSR count). The van der Waals surface area contributed by atoms with Crippen LogP contribution in [0.1, 0.15) is 468 Å². The average molecular weight is 1470 g/mol. The Morgan fingerprint density at radius 1 is 0.100 bits per heavy atom. The van der Waals surface area contributed by atoms with Crippen LogP contribution in [0.5, 0.6) is 0 Å². The maximum atomic E-state index is 2.34. The van der Waals surface area contributed by atoms with E-state index in [4.69, 9.17) is 0 Å². The van der Waals surface area contributed by atoms with Crippen molar-refractivity contribution in [1.29, 1.82) is 0 Å². The molecule has 0 atom stereocenters. The first-order chi connectivity index (χ1) is 42.7. The first kappa shape index (κ1) is 102. The normalized spacial score (nSPS) is 11.6. The minimum atomic E-state index is 0. The third kappa shape index (κ3) is 73.6. The molecule has 3 nitrogen and oxygen atoms in total. The molecule has 0 aliphatic carbocycles. The van der Waals surface area contributed by atoms with Crippen LogP contribution in [0.4, 0.5) is 0 Å². The zero-order valence-corrected chi connectivity index (χ0v) is 70.1. The molecule has 0 fully saturated rings. The molecule has 0 saturated carbocycles. The van der Waals surface area contributed by atoms with E-state index in [0.29, 0.717) is 0 Å². The van der Waals surface area contributed by atoms with Gasteiger partial charge in [0.05, 0.1) is 78.5 Å². The first-order valence-corrected chi connectivity index (χ1v) is 42.3. The predicted molar refractivity (Wildman–Crippen MR) is 404 cm³/mol. The van der Waals surface area contributed by atoms with Gasteiger partial charge < -0.3 is 64.4 Å². The Bertz CT molecular complexity index is 873. The maximum absolute atomic E-state index is 2.34. The molecule has 0 saturated heterocycles. The molecule has 0 unspecified atom stereocenters. The summed E-state index contributed by atoms with van der Waals surface area (Å²) in [6.45, 7) is 45.7. The molecular formula is C84H180Br3N3. The van der Waals surface area contributed by atoms with Gasteiger partial charge in [-0.2, -0.15) is 0 Å². The fourth-order valence-corrected chi connectivity index (χ4v) is 14.6. The van der Waals surface area contributed by atoms with E-state index in [1.807, 2.05) is 0 Å². The summed E-state index contributed by atoms with van der Waals surface area (Å²) in [5.41, 5.74) is 0. The molecule has 0 bridgehead atoms. The number of nitrogens with zero attached hydrogens (tertiary/aromatic N) is 3. The molecule has 0 aliphatic heterocycles. The molecule has 0 aliphatic rings. The van der Waals surface area contributed by atoms with E-state index in [1.165, 1.54) is 477 Å². The Hall–Kier alpha value is 1.32. The third-order valence-electron chi connectivity index (χ3n) is 20.8. The number of rotatable bonds is 72. The van der Waals surface area contributed by atoms with Gasteiger partial charge >= 0.3 is 0 Å². The molecular weight excluding hydrogens is 1290 g/mol. The molecule has 0 aromatic heterocycles. The van der Waals surface area contributed by atoms with Crippen molar-refractivity contribution in [3.63, 3.8) is 0 Å². The van der Waals surface area contributed by atoms with Crippen LogP contribution >= 0.6 is 0 Å². The fraction of sp³-hybridized carbons (Fsp3) is 1.00. The Morgan fingerprint density at radius 2 is 0.167 bits per heavy atom. The topological polar surface area (TPSA) is 0 Å². The highest BCUT2D eigenvalue weighted by Gasteiger charge is 2.28. The smallest absolute Gasteiger partial charge is 0.0786 e. The van der Waals surface area contributed by atoms with Crippen molar-refractivity contribution < 1.29 is 64.4 Å². The lowest BCUT2D eigenvalue weighted by Gasteiger charge is -2.40. The number of hydrogen-bond donors (Lipinski definition) is 0. The molecule has 0 aromatic rings. The molecule has 0 N–H and O–H groups in total. The highest BCUT2D eigenvalue weighted by atomic mass is 79.9. The summed E-state index contributed by atoms with van der Waals surface area (Å²) in [4.78, 5) is 0. The molecule has 90 heavy (non-hydrogen) atoms. The zero-order chi connectivity index (χ0) is 64.4. The van der Waals surface area contributed by atoms with Gasteiger partial charge in [-0.1, -0.05) is 314 Å². The summed E-state index contributed by atoms with van der Waals surface area (Å²) >= 11 is 0. The van der Waals surface area contributed by atoms with Gasteiger partial charge in [-0.25, -0.2) is 0 Å². The van der Waals surface area contributed by atoms with Crippen LogP contribution in [-0.2, 0) is 0 Å². The molecule has 0 spiro atoms. The summed E-state index contributed by atoms with van der Waals surface area (Å²) < 4.78 is 4.41. The van der Waals surface area contributed by atoms with Crippen molar-refractivity contribution in [1.82, 2.24) is 0 Å². The van der Waals surface area contributed by atoms with E-state index >= 15 is 0 Å². The minimum absolute atomic E-state index is 0. The molecule has 0 amide bonds. The predicted octanol–water partition coefficient (Wildman–Crippen LogP) is 20.1. The van der Waals surface area contributed by atoms with E-state index < -0.39 is 0 Å². The summed E-state index contributed by atoms with van der Waals surface area (Å²) in [7, 11) is 0. The second-order valence-electron chi connectivity index (χ2n) is 29.7. The molecule has 6 heteroatoms. The van der Waals surface area contributed by atoms with E-state index in [9.17, 15) is 0 Å². The summed E-state index contributed by atoms with van der Waals surface area (Å²) in [5.74, 6) is 0. The van der Waals surface area contributed by atoms with E-state index in [-0.39, 0.29) is 50.9 Å². The summed E-state index contributed by atoms with van der Waals surface area (Å²) in [6, 6.07) is 0. The van der Waals surface area contributed by atoms with Crippen LogP contribution in [0.15, 0.2) is 0 Å². The van der Waals surface area contributed by atoms with Crippen LogP contribution in [0.25, 0.3) is 0 Å². The molecule has 0 aromatic carbocycles. The second-order valence-corrected chi connectivity index (χ2v) is 29.7. The monoisotopic (exact) mass is 1470 g/mol. The van der Waals surface area contributed by atoms with Crippen LogP contribution in [0, 0.1) is 0 Å². The average Bonchev–Trinajstić information content (AvgIpc) is 3.52. The van der Waals surface area contributed by atoms with E-state index in [0.717, 1.165) is 0 Å². The van der Waals surface area contributed by atoms with Crippen molar-refractivity contribution in [3.05, 3.63) is 0 Å². The van der Waals surface area contributed by atoms with Crippen LogP contribution < -0.4 is 50.9 Å². The Kier molecular flexibility index (Phi) is 98.3.